The molecule has 2 aliphatic heterocycles. The average molecular weight is 516 g/mol. The number of fused-ring (bicyclic) bond motifs is 2. The number of aromatic nitrogens is 1. The molecule has 0 N–H and O–H groups in total. The highest BCUT2D eigenvalue weighted by atomic mass is 79.9. The van der Waals surface area contributed by atoms with Gasteiger partial charge in [-0.05, 0) is 66.0 Å². The maximum atomic E-state index is 13.2. The quantitative estimate of drug-likeness (QED) is 0.617. The maximum absolute atomic E-state index is 13.2. The van der Waals surface area contributed by atoms with Gasteiger partial charge in [0, 0.05) is 37.5 Å². The van der Waals surface area contributed by atoms with Crippen molar-refractivity contribution in [2.45, 2.75) is 38.8 Å². The van der Waals surface area contributed by atoms with E-state index >= 15 is 0 Å². The van der Waals surface area contributed by atoms with Crippen LogP contribution in [0.4, 0.5) is 4.79 Å². The molecule has 33 heavy (non-hydrogen) atoms. The Bertz CT molecular complexity index is 1130. The zero-order valence-corrected chi connectivity index (χ0v) is 20.9. The van der Waals surface area contributed by atoms with Gasteiger partial charge >= 0.3 is 6.09 Å². The zero-order chi connectivity index (χ0) is 23.3. The second-order valence-electron chi connectivity index (χ2n) is 9.07. The van der Waals surface area contributed by atoms with Gasteiger partial charge in [-0.15, -0.1) is 0 Å². The van der Waals surface area contributed by atoms with Gasteiger partial charge in [0.25, 0.3) is 0 Å². The number of ether oxygens (including phenoxy) is 2. The molecule has 5 rings (SSSR count). The molecule has 1 saturated heterocycles. The van der Waals surface area contributed by atoms with Gasteiger partial charge in [0.1, 0.15) is 6.10 Å². The molecule has 7 nitrogen and oxygen atoms in total. The van der Waals surface area contributed by atoms with Crippen molar-refractivity contribution in [3.05, 3.63) is 40.0 Å². The lowest BCUT2D eigenvalue weighted by molar-refractivity contribution is -0.134. The van der Waals surface area contributed by atoms with Gasteiger partial charge in [-0.1, -0.05) is 18.2 Å². The van der Waals surface area contributed by atoms with Crippen LogP contribution in [0.3, 0.4) is 0 Å². The van der Waals surface area contributed by atoms with Crippen LogP contribution in [0.25, 0.3) is 16.5 Å². The minimum absolute atomic E-state index is 0.162. The second-order valence-corrected chi connectivity index (χ2v) is 9.82. The van der Waals surface area contributed by atoms with Crippen LogP contribution in [0.15, 0.2) is 28.9 Å². The van der Waals surface area contributed by atoms with E-state index in [1.807, 2.05) is 30.9 Å². The average Bonchev–Trinajstić information content (AvgIpc) is 3.42. The molecule has 176 valence electrons. The summed E-state index contributed by atoms with van der Waals surface area (Å²) in [5.41, 5.74) is 4.22. The first kappa shape index (κ1) is 22.6. The van der Waals surface area contributed by atoms with Crippen LogP contribution in [-0.2, 0) is 20.7 Å². The van der Waals surface area contributed by atoms with E-state index in [1.54, 1.807) is 4.57 Å². The van der Waals surface area contributed by atoms with E-state index in [4.69, 9.17) is 9.47 Å². The number of amides is 1. The first-order valence-electron chi connectivity index (χ1n) is 11.8. The van der Waals surface area contributed by atoms with E-state index in [9.17, 15) is 9.59 Å². The Morgan fingerprint density at radius 2 is 2.06 bits per heavy atom. The van der Waals surface area contributed by atoms with E-state index in [-0.39, 0.29) is 30.1 Å². The molecular formula is C25H30BrN3O4. The molecule has 1 aromatic heterocycles. The smallest absolute Gasteiger partial charge is 0.419 e. The second kappa shape index (κ2) is 8.89. The van der Waals surface area contributed by atoms with Crippen LogP contribution < -0.4 is 0 Å². The van der Waals surface area contributed by atoms with Crippen LogP contribution in [0.5, 0.6) is 0 Å². The lowest BCUT2D eigenvalue weighted by Crippen LogP contribution is -2.47. The molecule has 3 aliphatic rings. The van der Waals surface area contributed by atoms with Gasteiger partial charge in [-0.2, -0.15) is 0 Å². The Kier molecular flexibility index (Phi) is 6.09. The van der Waals surface area contributed by atoms with Crippen molar-refractivity contribution in [3.8, 4) is 0 Å². The lowest BCUT2D eigenvalue weighted by atomic mass is 9.79. The van der Waals surface area contributed by atoms with Crippen molar-refractivity contribution < 1.29 is 19.1 Å². The van der Waals surface area contributed by atoms with Crippen molar-refractivity contribution in [3.63, 3.8) is 0 Å². The molecule has 1 amide bonds. The van der Waals surface area contributed by atoms with Gasteiger partial charge in [0.05, 0.1) is 29.3 Å². The Balaban J connectivity index is 1.58. The highest BCUT2D eigenvalue weighted by Gasteiger charge is 2.39. The molecular weight excluding hydrogens is 486 g/mol. The summed E-state index contributed by atoms with van der Waals surface area (Å²) in [5, 5.41) is 1.07. The van der Waals surface area contributed by atoms with Gasteiger partial charge in [-0.25, -0.2) is 9.36 Å². The fourth-order valence-corrected chi connectivity index (χ4v) is 6.19. The fraction of sp³-hybridized carbons (Fsp3) is 0.520. The first-order valence-corrected chi connectivity index (χ1v) is 12.6. The largest absolute Gasteiger partial charge is 0.443 e. The van der Waals surface area contributed by atoms with Crippen LogP contribution in [0.2, 0.25) is 0 Å². The molecule has 0 bridgehead atoms. The predicted octanol–water partition coefficient (Wildman–Crippen LogP) is 3.92. The normalized spacial score (nSPS) is 24.5. The Morgan fingerprint density at radius 3 is 2.76 bits per heavy atom. The van der Waals surface area contributed by atoms with Crippen LogP contribution in [0.1, 0.15) is 31.4 Å². The molecule has 1 aliphatic carbocycles. The van der Waals surface area contributed by atoms with E-state index in [0.29, 0.717) is 32.8 Å². The van der Waals surface area contributed by atoms with Gasteiger partial charge in [-0.3, -0.25) is 9.69 Å². The molecule has 0 saturated carbocycles. The molecule has 8 heteroatoms. The van der Waals surface area contributed by atoms with Crippen molar-refractivity contribution in [1.82, 2.24) is 14.4 Å². The third kappa shape index (κ3) is 3.72. The van der Waals surface area contributed by atoms with Gasteiger partial charge in [0.2, 0.25) is 5.91 Å². The van der Waals surface area contributed by atoms with Crippen LogP contribution in [0, 0.1) is 5.92 Å². The molecule has 1 fully saturated rings. The van der Waals surface area contributed by atoms with E-state index in [2.05, 4.69) is 40.0 Å². The molecule has 3 heterocycles. The fourth-order valence-electron chi connectivity index (χ4n) is 5.50. The van der Waals surface area contributed by atoms with Crippen molar-refractivity contribution in [1.29, 1.82) is 0 Å². The Hall–Kier alpha value is -2.16. The highest BCUT2D eigenvalue weighted by Crippen LogP contribution is 2.45. The van der Waals surface area contributed by atoms with Crippen molar-refractivity contribution in [2.75, 3.05) is 39.9 Å². The summed E-state index contributed by atoms with van der Waals surface area (Å²) in [6, 6.07) is 6.21. The summed E-state index contributed by atoms with van der Waals surface area (Å²) in [5.74, 6) is 0.00713. The highest BCUT2D eigenvalue weighted by molar-refractivity contribution is 9.10. The summed E-state index contributed by atoms with van der Waals surface area (Å²) in [6.45, 7) is 7.23. The monoisotopic (exact) mass is 515 g/mol. The number of carbonyl (C=O) groups is 2. The number of nitrogens with zero attached hydrogens (tertiary/aromatic N) is 3. The number of carbonyl (C=O) groups excluding carboxylic acids is 2. The third-order valence-electron chi connectivity index (χ3n) is 7.23. The predicted molar refractivity (Wildman–Crippen MR) is 130 cm³/mol. The molecule has 1 aromatic carbocycles. The van der Waals surface area contributed by atoms with Crippen LogP contribution >= 0.6 is 15.9 Å². The number of halogens is 1. The summed E-state index contributed by atoms with van der Waals surface area (Å²) >= 11 is 3.71. The maximum Gasteiger partial charge on any atom is 0.419 e. The number of benzene rings is 1. The Morgan fingerprint density at radius 1 is 1.27 bits per heavy atom. The molecule has 3 atom stereocenters. The van der Waals surface area contributed by atoms with Crippen molar-refractivity contribution in [2.24, 2.45) is 5.92 Å². The van der Waals surface area contributed by atoms with E-state index < -0.39 is 0 Å². The van der Waals surface area contributed by atoms with E-state index in [0.717, 1.165) is 39.5 Å². The number of hydrogen-bond donors (Lipinski definition) is 0. The summed E-state index contributed by atoms with van der Waals surface area (Å²) < 4.78 is 13.5. The lowest BCUT2D eigenvalue weighted by Gasteiger charge is -2.40. The minimum Gasteiger partial charge on any atom is -0.443 e. The SMILES string of the molecule is CCN(CC)C(=O)[C@@H]1C=C2c3cccc4c3c(c(Br)n4C(=O)OC3CCOC3)C[C@H]2N(C)C1. The summed E-state index contributed by atoms with van der Waals surface area (Å²) in [4.78, 5) is 30.5. The zero-order valence-electron chi connectivity index (χ0n) is 19.3. The molecule has 0 spiro atoms. The molecule has 1 unspecified atom stereocenters. The van der Waals surface area contributed by atoms with E-state index in [1.165, 1.54) is 5.57 Å². The van der Waals surface area contributed by atoms with Crippen molar-refractivity contribution >= 4 is 44.4 Å². The standard InChI is InChI=1S/C25H30BrN3O4/c1-4-28(5-2)24(30)15-11-18-17-7-6-8-20-22(17)19(12-21(18)27(3)13-15)23(26)29(20)25(31)33-16-9-10-32-14-16/h6-8,11,15-16,21H,4-5,9-10,12-14H2,1-3H3/t15-,16?,21-/m1/s1. The first-order chi connectivity index (χ1) is 15.9. The van der Waals surface area contributed by atoms with Crippen LogP contribution in [-0.4, -0.2) is 78.4 Å². The number of likely N-dealkylation sites (N-methyl/N-ethyl adjacent to an activating group) is 1. The number of hydrogen-bond acceptors (Lipinski definition) is 5. The molecule has 2 aromatic rings. The summed E-state index contributed by atoms with van der Waals surface area (Å²) in [7, 11) is 2.09. The third-order valence-corrected chi connectivity index (χ3v) is 8.06. The molecule has 0 radical (unpaired) electrons. The number of rotatable bonds is 4. The van der Waals surface area contributed by atoms with Gasteiger partial charge in [0.15, 0.2) is 0 Å². The van der Waals surface area contributed by atoms with Gasteiger partial charge < -0.3 is 14.4 Å². The summed E-state index contributed by atoms with van der Waals surface area (Å²) in [6.07, 6.45) is 3.08. The topological polar surface area (TPSA) is 64.0 Å². The minimum atomic E-state index is -0.382. The Labute approximate surface area is 202 Å².